The van der Waals surface area contributed by atoms with Gasteiger partial charge in [0, 0.05) is 18.1 Å². The molecule has 0 aliphatic carbocycles. The fraction of sp³-hybridized carbons (Fsp3) is 0.212. The molecule has 1 N–H and O–H groups in total. The van der Waals surface area contributed by atoms with E-state index in [2.05, 4.69) is 5.32 Å². The van der Waals surface area contributed by atoms with Gasteiger partial charge in [-0.2, -0.15) is 0 Å². The van der Waals surface area contributed by atoms with E-state index in [-0.39, 0.29) is 23.0 Å². The van der Waals surface area contributed by atoms with Gasteiger partial charge in [0.25, 0.3) is 10.0 Å². The third-order valence-corrected chi connectivity index (χ3v) is 8.76. The summed E-state index contributed by atoms with van der Waals surface area (Å²) < 4.78 is 34.9. The Kier molecular flexibility index (Phi) is 10.8. The highest BCUT2D eigenvalue weighted by Gasteiger charge is 2.33. The molecule has 0 heterocycles. The standard InChI is InChI=1S/C33H34ClN3O5S/c1-3-31(33(39)35-4-2)36(23-25-15-17-26(34)18-16-25)32(38)24-37(43(40,41)30-13-9-6-10-14-30)27-19-21-29(22-20-27)42-28-11-7-5-8-12-28/h5-22,31H,3-4,23-24H2,1-2H3,(H,35,39)/t31-/m1/s1. The van der Waals surface area contributed by atoms with E-state index in [0.29, 0.717) is 29.5 Å². The van der Waals surface area contributed by atoms with E-state index < -0.39 is 28.5 Å². The predicted molar refractivity (Wildman–Crippen MR) is 169 cm³/mol. The van der Waals surface area contributed by atoms with Crippen molar-refractivity contribution in [3.05, 3.63) is 120 Å². The number of ether oxygens (including phenoxy) is 1. The van der Waals surface area contributed by atoms with Crippen LogP contribution in [0.1, 0.15) is 25.8 Å². The largest absolute Gasteiger partial charge is 0.457 e. The zero-order valence-corrected chi connectivity index (χ0v) is 25.6. The molecule has 0 saturated heterocycles. The van der Waals surface area contributed by atoms with Crippen molar-refractivity contribution in [2.75, 3.05) is 17.4 Å². The number of sulfonamides is 1. The van der Waals surface area contributed by atoms with E-state index in [4.69, 9.17) is 16.3 Å². The van der Waals surface area contributed by atoms with Gasteiger partial charge < -0.3 is 15.0 Å². The van der Waals surface area contributed by atoms with Crippen molar-refractivity contribution in [3.63, 3.8) is 0 Å². The molecule has 43 heavy (non-hydrogen) atoms. The SMILES string of the molecule is CCNC(=O)[C@@H](CC)N(Cc1ccc(Cl)cc1)C(=O)CN(c1ccc(Oc2ccccc2)cc1)S(=O)(=O)c1ccccc1. The van der Waals surface area contributed by atoms with Gasteiger partial charge in [-0.25, -0.2) is 8.42 Å². The smallest absolute Gasteiger partial charge is 0.264 e. The fourth-order valence-electron chi connectivity index (χ4n) is 4.55. The van der Waals surface area contributed by atoms with Crippen LogP contribution in [0.5, 0.6) is 11.5 Å². The number of hydrogen-bond donors (Lipinski definition) is 1. The summed E-state index contributed by atoms with van der Waals surface area (Å²) in [5.41, 5.74) is 1.02. The summed E-state index contributed by atoms with van der Waals surface area (Å²) in [6.07, 6.45) is 0.335. The molecule has 0 unspecified atom stereocenters. The lowest BCUT2D eigenvalue weighted by molar-refractivity contribution is -0.140. The van der Waals surface area contributed by atoms with E-state index in [9.17, 15) is 18.0 Å². The van der Waals surface area contributed by atoms with Crippen molar-refractivity contribution in [2.24, 2.45) is 0 Å². The molecule has 0 aliphatic rings. The van der Waals surface area contributed by atoms with Crippen LogP contribution in [0.3, 0.4) is 0 Å². The van der Waals surface area contributed by atoms with Gasteiger partial charge in [0.2, 0.25) is 11.8 Å². The molecule has 4 rings (SSSR count). The van der Waals surface area contributed by atoms with Crippen LogP contribution in [0, 0.1) is 0 Å². The zero-order valence-electron chi connectivity index (χ0n) is 24.0. The van der Waals surface area contributed by atoms with Gasteiger partial charge >= 0.3 is 0 Å². The van der Waals surface area contributed by atoms with E-state index >= 15 is 0 Å². The van der Waals surface area contributed by atoms with Gasteiger partial charge in [-0.3, -0.25) is 13.9 Å². The first-order valence-electron chi connectivity index (χ1n) is 13.9. The van der Waals surface area contributed by atoms with Crippen molar-refractivity contribution in [1.82, 2.24) is 10.2 Å². The van der Waals surface area contributed by atoms with Gasteiger partial charge in [-0.05, 0) is 79.6 Å². The summed E-state index contributed by atoms with van der Waals surface area (Å²) in [5.74, 6) is 0.294. The zero-order chi connectivity index (χ0) is 30.8. The fourth-order valence-corrected chi connectivity index (χ4v) is 6.11. The van der Waals surface area contributed by atoms with Crippen molar-refractivity contribution < 1.29 is 22.7 Å². The minimum Gasteiger partial charge on any atom is -0.457 e. The first-order valence-corrected chi connectivity index (χ1v) is 15.8. The number of carbonyl (C=O) groups excluding carboxylic acids is 2. The second-order valence-electron chi connectivity index (χ2n) is 9.70. The second-order valence-corrected chi connectivity index (χ2v) is 12.0. The maximum atomic E-state index is 14.1. The molecule has 0 spiro atoms. The van der Waals surface area contributed by atoms with E-state index in [1.165, 1.54) is 17.0 Å². The van der Waals surface area contributed by atoms with Crippen LogP contribution in [-0.2, 0) is 26.2 Å². The lowest BCUT2D eigenvalue weighted by Crippen LogP contribution is -2.52. The number of benzene rings is 4. The minimum atomic E-state index is -4.17. The quantitative estimate of drug-likeness (QED) is 0.190. The first-order chi connectivity index (χ1) is 20.7. The molecular formula is C33H34ClN3O5S. The second kappa shape index (κ2) is 14.7. The van der Waals surface area contributed by atoms with Gasteiger partial charge in [0.1, 0.15) is 24.1 Å². The molecule has 0 fully saturated rings. The Morgan fingerprint density at radius 2 is 1.40 bits per heavy atom. The maximum Gasteiger partial charge on any atom is 0.264 e. The molecule has 0 aliphatic heterocycles. The van der Waals surface area contributed by atoms with Gasteiger partial charge in [-0.15, -0.1) is 0 Å². The first kappa shape index (κ1) is 31.6. The summed E-state index contributed by atoms with van der Waals surface area (Å²) >= 11 is 6.07. The third-order valence-electron chi connectivity index (χ3n) is 6.72. The molecule has 0 bridgehead atoms. The lowest BCUT2D eigenvalue weighted by atomic mass is 10.1. The summed E-state index contributed by atoms with van der Waals surface area (Å²) in [7, 11) is -4.17. The highest BCUT2D eigenvalue weighted by Crippen LogP contribution is 2.28. The highest BCUT2D eigenvalue weighted by atomic mass is 35.5. The van der Waals surface area contributed by atoms with E-state index in [1.54, 1.807) is 73.7 Å². The predicted octanol–water partition coefficient (Wildman–Crippen LogP) is 6.27. The van der Waals surface area contributed by atoms with Crippen molar-refractivity contribution in [1.29, 1.82) is 0 Å². The van der Waals surface area contributed by atoms with Gasteiger partial charge in [0.15, 0.2) is 0 Å². The Morgan fingerprint density at radius 1 is 0.814 bits per heavy atom. The average molecular weight is 620 g/mol. The number of nitrogens with one attached hydrogen (secondary N) is 1. The lowest BCUT2D eigenvalue weighted by Gasteiger charge is -2.33. The molecule has 0 saturated carbocycles. The monoisotopic (exact) mass is 619 g/mol. The molecule has 0 radical (unpaired) electrons. The molecule has 8 nitrogen and oxygen atoms in total. The molecule has 2 amide bonds. The number of para-hydroxylation sites is 1. The number of nitrogens with zero attached hydrogens (tertiary/aromatic N) is 2. The molecule has 0 aromatic heterocycles. The number of amides is 2. The van der Waals surface area contributed by atoms with Crippen LogP contribution in [0.15, 0.2) is 114 Å². The molecular weight excluding hydrogens is 586 g/mol. The van der Waals surface area contributed by atoms with Crippen LogP contribution in [0.2, 0.25) is 5.02 Å². The van der Waals surface area contributed by atoms with Crippen molar-refractivity contribution in [2.45, 2.75) is 37.8 Å². The third kappa shape index (κ3) is 8.15. The molecule has 1 atom stereocenters. The Bertz CT molecular complexity index is 1600. The number of likely N-dealkylation sites (N-methyl/N-ethyl adjacent to an activating group) is 1. The number of hydrogen-bond acceptors (Lipinski definition) is 5. The molecule has 4 aromatic carbocycles. The van der Waals surface area contributed by atoms with Crippen LogP contribution < -0.4 is 14.4 Å². The van der Waals surface area contributed by atoms with Crippen LogP contribution in [0.4, 0.5) is 5.69 Å². The molecule has 4 aromatic rings. The Labute approximate surface area is 257 Å². The average Bonchev–Trinajstić information content (AvgIpc) is 3.02. The highest BCUT2D eigenvalue weighted by molar-refractivity contribution is 7.92. The van der Waals surface area contributed by atoms with Gasteiger partial charge in [-0.1, -0.05) is 67.1 Å². The Balaban J connectivity index is 1.70. The summed E-state index contributed by atoms with van der Waals surface area (Å²) in [6.45, 7) is 3.57. The summed E-state index contributed by atoms with van der Waals surface area (Å²) in [6, 6.07) is 29.8. The topological polar surface area (TPSA) is 96.0 Å². The minimum absolute atomic E-state index is 0.0347. The summed E-state index contributed by atoms with van der Waals surface area (Å²) in [4.78, 5) is 28.6. The van der Waals surface area contributed by atoms with Crippen LogP contribution >= 0.6 is 11.6 Å². The summed E-state index contributed by atoms with van der Waals surface area (Å²) in [5, 5.41) is 3.33. The Morgan fingerprint density at radius 3 is 1.98 bits per heavy atom. The van der Waals surface area contributed by atoms with Crippen molar-refractivity contribution in [3.8, 4) is 11.5 Å². The van der Waals surface area contributed by atoms with E-state index in [1.807, 2.05) is 37.3 Å². The Hall–Kier alpha value is -4.34. The molecule has 224 valence electrons. The van der Waals surface area contributed by atoms with Crippen LogP contribution in [-0.4, -0.2) is 44.3 Å². The molecule has 10 heteroatoms. The van der Waals surface area contributed by atoms with Crippen molar-refractivity contribution >= 4 is 39.1 Å². The normalized spacial score (nSPS) is 11.8. The maximum absolute atomic E-state index is 14.1. The number of rotatable bonds is 13. The number of anilines is 1. The number of halogens is 1. The number of carbonyl (C=O) groups is 2. The van der Waals surface area contributed by atoms with Gasteiger partial charge in [0.05, 0.1) is 10.6 Å². The van der Waals surface area contributed by atoms with Crippen LogP contribution in [0.25, 0.3) is 0 Å². The van der Waals surface area contributed by atoms with E-state index in [0.717, 1.165) is 9.87 Å².